The van der Waals surface area contributed by atoms with Crippen molar-refractivity contribution in [3.8, 4) is 0 Å². The first-order valence-corrected chi connectivity index (χ1v) is 14.3. The van der Waals surface area contributed by atoms with E-state index in [0.29, 0.717) is 25.9 Å². The molecule has 0 unspecified atom stereocenters. The van der Waals surface area contributed by atoms with Gasteiger partial charge >= 0.3 is 29.8 Å². The molecule has 278 valence electrons. The Morgan fingerprint density at radius 1 is 0.714 bits per heavy atom. The van der Waals surface area contributed by atoms with E-state index in [9.17, 15) is 28.8 Å². The summed E-state index contributed by atoms with van der Waals surface area (Å²) in [5.41, 5.74) is 52.9. The summed E-state index contributed by atoms with van der Waals surface area (Å²) < 4.78 is 9.08. The zero-order valence-electron chi connectivity index (χ0n) is 26.7. The number of aliphatic carboxylic acids is 2. The lowest BCUT2D eigenvalue weighted by molar-refractivity contribution is -0.162. The lowest BCUT2D eigenvalue weighted by Gasteiger charge is -2.13. The Balaban J connectivity index is 0. The fraction of sp³-hybridized carbons (Fsp3) is 0.560. The van der Waals surface area contributed by atoms with Gasteiger partial charge in [0, 0.05) is 31.4 Å². The third-order valence-electron chi connectivity index (χ3n) is 5.50. The predicted octanol–water partition coefficient (Wildman–Crippen LogP) is -6.67. The zero-order chi connectivity index (χ0) is 38.1. The van der Waals surface area contributed by atoms with Gasteiger partial charge in [-0.1, -0.05) is 0 Å². The molecule has 1 heterocycles. The molecule has 0 aliphatic rings. The number of nitrogens with one attached hydrogen (secondary N) is 1. The Kier molecular flexibility index (Phi) is 23.9. The van der Waals surface area contributed by atoms with E-state index >= 15 is 0 Å². The fourth-order valence-corrected chi connectivity index (χ4v) is 2.90. The highest BCUT2D eigenvalue weighted by Gasteiger charge is 2.23. The summed E-state index contributed by atoms with van der Waals surface area (Å²) in [6, 6.07) is -5.24. The Bertz CT molecular complexity index is 1200. The van der Waals surface area contributed by atoms with E-state index in [0.717, 1.165) is 5.69 Å². The van der Waals surface area contributed by atoms with E-state index in [1.165, 1.54) is 6.33 Å². The molecule has 0 spiro atoms. The maximum absolute atomic E-state index is 11.6. The van der Waals surface area contributed by atoms with Crippen LogP contribution in [0.4, 0.5) is 0 Å². The minimum Gasteiger partial charge on any atom is -0.480 e. The Morgan fingerprint density at radius 2 is 1.18 bits per heavy atom. The Hall–Kier alpha value is -5.43. The number of aromatic amines is 1. The number of carbonyl (C=O) groups is 6. The molecule has 0 fully saturated rings. The molecule has 23 N–H and O–H groups in total. The normalized spacial score (nSPS) is 13.2. The Morgan fingerprint density at radius 3 is 1.55 bits per heavy atom. The number of hydrogen-bond donors (Lipinski definition) is 13. The lowest BCUT2D eigenvalue weighted by atomic mass is 10.1. The number of nitrogens with two attached hydrogens (primary N) is 10. The van der Waals surface area contributed by atoms with Crippen molar-refractivity contribution in [2.24, 2.45) is 67.3 Å². The van der Waals surface area contributed by atoms with Gasteiger partial charge in [-0.25, -0.2) is 14.6 Å². The number of primary amides is 1. The van der Waals surface area contributed by atoms with Gasteiger partial charge in [-0.2, -0.15) is 0 Å². The maximum atomic E-state index is 11.6. The first-order chi connectivity index (χ1) is 22.8. The third kappa shape index (κ3) is 25.4. The number of hydrogen-bond acceptors (Lipinski definition) is 16. The van der Waals surface area contributed by atoms with E-state index in [1.54, 1.807) is 6.20 Å². The number of aromatic nitrogens is 2. The number of carboxylic acids is 2. The molecule has 1 rings (SSSR count). The van der Waals surface area contributed by atoms with E-state index in [-0.39, 0.29) is 37.6 Å². The summed E-state index contributed by atoms with van der Waals surface area (Å²) in [5, 5.41) is 16.8. The molecular weight excluding hydrogens is 656 g/mol. The maximum Gasteiger partial charge on any atom is 0.330 e. The minimum atomic E-state index is -1.31. The molecule has 0 saturated heterocycles. The van der Waals surface area contributed by atoms with E-state index in [2.05, 4.69) is 29.4 Å². The number of esters is 3. The summed E-state index contributed by atoms with van der Waals surface area (Å²) in [6.07, 6.45) is 4.49. The van der Waals surface area contributed by atoms with Gasteiger partial charge in [0.15, 0.2) is 11.9 Å². The van der Waals surface area contributed by atoms with Crippen molar-refractivity contribution in [1.29, 1.82) is 0 Å². The first-order valence-electron chi connectivity index (χ1n) is 14.3. The van der Waals surface area contributed by atoms with Crippen molar-refractivity contribution in [1.82, 2.24) is 9.97 Å². The molecule has 24 heteroatoms. The average Bonchev–Trinajstić information content (AvgIpc) is 3.52. The van der Waals surface area contributed by atoms with Crippen molar-refractivity contribution in [2.45, 2.75) is 68.7 Å². The second-order valence-corrected chi connectivity index (χ2v) is 9.93. The van der Waals surface area contributed by atoms with Crippen LogP contribution in [0.5, 0.6) is 0 Å². The zero-order valence-corrected chi connectivity index (χ0v) is 26.7. The van der Waals surface area contributed by atoms with Gasteiger partial charge in [0.2, 0.25) is 5.91 Å². The van der Waals surface area contributed by atoms with Crippen LogP contribution in [0.2, 0.25) is 0 Å². The van der Waals surface area contributed by atoms with Crippen LogP contribution in [-0.4, -0.2) is 118 Å². The predicted molar refractivity (Wildman–Crippen MR) is 173 cm³/mol. The Labute approximate surface area is 280 Å². The number of imidazole rings is 1. The smallest absolute Gasteiger partial charge is 0.330 e. The molecule has 0 radical (unpaired) electrons. The quantitative estimate of drug-likeness (QED) is 0.0209. The standard InChI is InChI=1S/C12H26N8O3.C7H13N3O5.C6H9N3O2/c13-7(3-1-5-19-11(15)16)9(21)23-10(22)8(14)4-2-6-20-12(17)18;8-3(1-5(10)11)7(14)15-2-4(9)6(12)13;7-5(6(10)11)1-4-2-8-3-9-4/h7-8H,1-6,13-14H2,(H4,15,16,19)(H4,17,18,20);3-4H,1-2,8-9H2,(H2,10,11)(H,12,13);2-3,5H,1,7H2,(H,8,9)(H,10,11)/t7-,8-;3-,4-;5-/m000/s1. The van der Waals surface area contributed by atoms with Gasteiger partial charge in [0.1, 0.15) is 36.8 Å². The number of aliphatic imine (C=N–C) groups is 2. The van der Waals surface area contributed by atoms with Crippen molar-refractivity contribution in [3.05, 3.63) is 18.2 Å². The lowest BCUT2D eigenvalue weighted by Crippen LogP contribution is -2.41. The molecule has 5 atom stereocenters. The minimum absolute atomic E-state index is 0.0389. The summed E-state index contributed by atoms with van der Waals surface area (Å²) in [4.78, 5) is 79.2. The molecule has 0 aliphatic heterocycles. The number of guanidine groups is 2. The number of carbonyl (C=O) groups excluding carboxylic acids is 4. The van der Waals surface area contributed by atoms with Crippen LogP contribution in [0.25, 0.3) is 0 Å². The summed E-state index contributed by atoms with van der Waals surface area (Å²) >= 11 is 0. The number of nitrogens with zero attached hydrogens (tertiary/aromatic N) is 3. The van der Waals surface area contributed by atoms with Crippen LogP contribution in [-0.2, 0) is 44.7 Å². The van der Waals surface area contributed by atoms with E-state index in [4.69, 9.17) is 67.5 Å². The van der Waals surface area contributed by atoms with Crippen molar-refractivity contribution >= 4 is 47.7 Å². The summed E-state index contributed by atoms with van der Waals surface area (Å²) in [6.45, 7) is 0.170. The van der Waals surface area contributed by atoms with Crippen molar-refractivity contribution in [2.75, 3.05) is 19.7 Å². The number of amides is 1. The molecule has 0 aromatic carbocycles. The number of H-pyrrole nitrogens is 1. The fourth-order valence-electron chi connectivity index (χ4n) is 2.90. The van der Waals surface area contributed by atoms with Gasteiger partial charge < -0.3 is 82.0 Å². The second-order valence-electron chi connectivity index (χ2n) is 9.93. The molecule has 1 amide bonds. The van der Waals surface area contributed by atoms with Gasteiger partial charge in [0.25, 0.3) is 0 Å². The highest BCUT2D eigenvalue weighted by molar-refractivity contribution is 5.90. The third-order valence-corrected chi connectivity index (χ3v) is 5.50. The largest absolute Gasteiger partial charge is 0.480 e. The molecule has 0 aliphatic carbocycles. The van der Waals surface area contributed by atoms with Crippen LogP contribution in [0.1, 0.15) is 37.8 Å². The molecule has 0 bridgehead atoms. The monoisotopic (exact) mass is 704 g/mol. The van der Waals surface area contributed by atoms with E-state index < -0.39 is 72.6 Å². The van der Waals surface area contributed by atoms with Gasteiger partial charge in [-0.3, -0.25) is 29.2 Å². The number of ether oxygens (including phenoxy) is 2. The SMILES string of the molecule is NC(=O)C[C@H](N)C(=O)OC[C@H](N)C(=O)O.NC(N)=NCCC[C@H](N)C(=O)OC(=O)[C@@H](N)CCCN=C(N)N.N[C@@H](Cc1cnc[nH]1)C(=O)O. The molecular formula is C25H48N14O10. The van der Waals surface area contributed by atoms with Crippen LogP contribution >= 0.6 is 0 Å². The molecule has 0 saturated carbocycles. The highest BCUT2D eigenvalue weighted by atomic mass is 16.6. The number of rotatable bonds is 19. The van der Waals surface area contributed by atoms with Gasteiger partial charge in [-0.15, -0.1) is 0 Å². The van der Waals surface area contributed by atoms with Crippen LogP contribution in [0.15, 0.2) is 22.5 Å². The topological polar surface area (TPSA) is 475 Å². The first kappa shape index (κ1) is 45.7. The van der Waals surface area contributed by atoms with Gasteiger partial charge in [-0.05, 0) is 25.7 Å². The molecule has 49 heavy (non-hydrogen) atoms. The van der Waals surface area contributed by atoms with Gasteiger partial charge in [0.05, 0.1) is 12.7 Å². The van der Waals surface area contributed by atoms with Crippen molar-refractivity contribution < 1.29 is 48.5 Å². The summed E-state index contributed by atoms with van der Waals surface area (Å²) in [7, 11) is 0. The summed E-state index contributed by atoms with van der Waals surface area (Å²) in [5.74, 6) is -5.71. The van der Waals surface area contributed by atoms with Crippen molar-refractivity contribution in [3.63, 3.8) is 0 Å². The molecule has 1 aromatic rings. The highest BCUT2D eigenvalue weighted by Crippen LogP contribution is 2.02. The van der Waals surface area contributed by atoms with Crippen LogP contribution < -0.4 is 57.3 Å². The molecule has 1 aromatic heterocycles. The molecule has 24 nitrogen and oxygen atoms in total. The number of carboxylic acid groups (broad SMARTS) is 2. The van der Waals surface area contributed by atoms with Crippen LogP contribution in [0.3, 0.4) is 0 Å². The van der Waals surface area contributed by atoms with E-state index in [1.807, 2.05) is 0 Å². The average molecular weight is 705 g/mol. The second kappa shape index (κ2) is 25.6. The van der Waals surface area contributed by atoms with Crippen LogP contribution in [0, 0.1) is 0 Å².